The Morgan fingerprint density at radius 1 is 1.11 bits per heavy atom. The summed E-state index contributed by atoms with van der Waals surface area (Å²) in [4.78, 5) is 47.7. The molecule has 10 nitrogen and oxygen atoms in total. The number of hydrogen-bond acceptors (Lipinski definition) is 8. The number of thiazole rings is 1. The van der Waals surface area contributed by atoms with Gasteiger partial charge in [-0.25, -0.2) is 9.79 Å². The molecular formula is C33H33BrN4O6S. The predicted molar refractivity (Wildman–Crippen MR) is 175 cm³/mol. The molecule has 0 unspecified atom stereocenters. The number of fused-ring (bicyclic) bond motifs is 2. The van der Waals surface area contributed by atoms with Gasteiger partial charge in [-0.1, -0.05) is 45.5 Å². The van der Waals surface area contributed by atoms with E-state index in [0.717, 1.165) is 42.4 Å². The van der Waals surface area contributed by atoms with Crippen molar-refractivity contribution < 1.29 is 23.8 Å². The number of carbonyl (C=O) groups excluding carboxylic acids is 2. The van der Waals surface area contributed by atoms with Gasteiger partial charge in [0.05, 0.1) is 42.7 Å². The average Bonchev–Trinajstić information content (AvgIpc) is 3.76. The molecule has 0 radical (unpaired) electrons. The molecule has 4 heterocycles. The van der Waals surface area contributed by atoms with Crippen LogP contribution in [-0.4, -0.2) is 59.8 Å². The van der Waals surface area contributed by atoms with E-state index < -0.39 is 12.0 Å². The molecule has 45 heavy (non-hydrogen) atoms. The molecule has 234 valence electrons. The molecule has 0 saturated carbocycles. The molecule has 1 amide bonds. The first-order chi connectivity index (χ1) is 21.7. The lowest BCUT2D eigenvalue weighted by molar-refractivity contribution is -0.139. The molecule has 4 aromatic rings. The number of rotatable bonds is 8. The standard InChI is InChI=1S/C33H33BrN4O6S/c1-5-44-32(41)29-19(2)35-33-38(30(29)22-15-25(42-3)26(43-4)16-23(22)34)31(40)27(45-33)14-20-17-37(24-11-7-6-10-21(20)24)18-28(39)36-12-8-9-13-36/h6-7,10-11,14-17,30H,5,8-9,12-13,18H2,1-4H3/b27-14+/t30-/m1/s1. The fourth-order valence-electron chi connectivity index (χ4n) is 6.04. The van der Waals surface area contributed by atoms with Crippen molar-refractivity contribution in [3.63, 3.8) is 0 Å². The Labute approximate surface area is 272 Å². The van der Waals surface area contributed by atoms with Gasteiger partial charge in [0.2, 0.25) is 5.91 Å². The van der Waals surface area contributed by atoms with Crippen molar-refractivity contribution in [2.75, 3.05) is 33.9 Å². The molecule has 2 aromatic carbocycles. The van der Waals surface area contributed by atoms with Gasteiger partial charge in [0.1, 0.15) is 6.54 Å². The summed E-state index contributed by atoms with van der Waals surface area (Å²) in [5, 5.41) is 0.931. The molecule has 12 heteroatoms. The second-order valence-electron chi connectivity index (χ2n) is 10.8. The minimum atomic E-state index is -0.837. The van der Waals surface area contributed by atoms with E-state index in [1.165, 1.54) is 23.0 Å². The maximum Gasteiger partial charge on any atom is 0.338 e. The van der Waals surface area contributed by atoms with Gasteiger partial charge in [-0.05, 0) is 56.5 Å². The van der Waals surface area contributed by atoms with Gasteiger partial charge in [0.25, 0.3) is 5.56 Å². The van der Waals surface area contributed by atoms with Crippen LogP contribution >= 0.6 is 27.3 Å². The van der Waals surface area contributed by atoms with Crippen LogP contribution < -0.4 is 24.4 Å². The number of carbonyl (C=O) groups is 2. The number of aromatic nitrogens is 2. The van der Waals surface area contributed by atoms with Crippen molar-refractivity contribution in [2.24, 2.45) is 4.99 Å². The zero-order valence-electron chi connectivity index (χ0n) is 25.5. The number of methoxy groups -OCH3 is 2. The fraction of sp³-hybridized carbons (Fsp3) is 0.333. The van der Waals surface area contributed by atoms with Gasteiger partial charge in [-0.15, -0.1) is 0 Å². The van der Waals surface area contributed by atoms with Crippen molar-refractivity contribution in [1.29, 1.82) is 0 Å². The monoisotopic (exact) mass is 692 g/mol. The van der Waals surface area contributed by atoms with E-state index in [2.05, 4.69) is 15.9 Å². The van der Waals surface area contributed by atoms with Crippen LogP contribution in [0.5, 0.6) is 11.5 Å². The highest BCUT2D eigenvalue weighted by molar-refractivity contribution is 9.10. The summed E-state index contributed by atoms with van der Waals surface area (Å²) in [5.41, 5.74) is 2.78. The van der Waals surface area contributed by atoms with Crippen molar-refractivity contribution in [1.82, 2.24) is 14.0 Å². The molecule has 2 aliphatic heterocycles. The lowest BCUT2D eigenvalue weighted by Gasteiger charge is -2.26. The molecule has 6 rings (SSSR count). The third-order valence-corrected chi connectivity index (χ3v) is 9.85. The number of hydrogen-bond donors (Lipinski definition) is 0. The van der Waals surface area contributed by atoms with Gasteiger partial charge in [-0.2, -0.15) is 0 Å². The summed E-state index contributed by atoms with van der Waals surface area (Å²) >= 11 is 4.89. The first kappa shape index (κ1) is 30.8. The summed E-state index contributed by atoms with van der Waals surface area (Å²) in [6, 6.07) is 10.5. The second-order valence-corrected chi connectivity index (χ2v) is 12.7. The number of para-hydroxylation sites is 1. The summed E-state index contributed by atoms with van der Waals surface area (Å²) in [5.74, 6) is 0.484. The zero-order valence-corrected chi connectivity index (χ0v) is 27.9. The van der Waals surface area contributed by atoms with E-state index in [4.69, 9.17) is 19.2 Å². The van der Waals surface area contributed by atoms with E-state index >= 15 is 0 Å². The molecular weight excluding hydrogens is 660 g/mol. The number of esters is 1. The number of nitrogens with zero attached hydrogens (tertiary/aromatic N) is 4. The summed E-state index contributed by atoms with van der Waals surface area (Å²) in [6.45, 7) is 5.46. The maximum atomic E-state index is 14.3. The Balaban J connectivity index is 1.52. The van der Waals surface area contributed by atoms with Crippen molar-refractivity contribution in [3.8, 4) is 11.5 Å². The molecule has 2 aliphatic rings. The van der Waals surface area contributed by atoms with Crippen molar-refractivity contribution >= 4 is 56.1 Å². The number of likely N-dealkylation sites (tertiary alicyclic amines) is 1. The van der Waals surface area contributed by atoms with E-state index in [1.807, 2.05) is 46.0 Å². The highest BCUT2D eigenvalue weighted by Crippen LogP contribution is 2.40. The van der Waals surface area contributed by atoms with E-state index in [9.17, 15) is 14.4 Å². The number of amides is 1. The van der Waals surface area contributed by atoms with Gasteiger partial charge < -0.3 is 23.7 Å². The Bertz CT molecular complexity index is 2040. The van der Waals surface area contributed by atoms with E-state index in [-0.39, 0.29) is 30.2 Å². The number of benzene rings is 2. The molecule has 0 aliphatic carbocycles. The van der Waals surface area contributed by atoms with Gasteiger partial charge in [0, 0.05) is 40.2 Å². The molecule has 0 spiro atoms. The highest BCUT2D eigenvalue weighted by atomic mass is 79.9. The Morgan fingerprint density at radius 2 is 1.82 bits per heavy atom. The molecule has 2 aromatic heterocycles. The lowest BCUT2D eigenvalue weighted by atomic mass is 9.95. The zero-order chi connectivity index (χ0) is 31.8. The van der Waals surface area contributed by atoms with Crippen LogP contribution in [0.3, 0.4) is 0 Å². The Hall–Kier alpha value is -4.16. The highest BCUT2D eigenvalue weighted by Gasteiger charge is 2.35. The molecule has 1 atom stereocenters. The van der Waals surface area contributed by atoms with Crippen LogP contribution in [-0.2, 0) is 20.9 Å². The van der Waals surface area contributed by atoms with Crippen LogP contribution in [0.25, 0.3) is 17.0 Å². The van der Waals surface area contributed by atoms with Gasteiger partial charge in [-0.3, -0.25) is 14.2 Å². The number of allylic oxidation sites excluding steroid dienone is 1. The van der Waals surface area contributed by atoms with Crippen molar-refractivity contribution in [3.05, 3.63) is 89.2 Å². The third kappa shape index (κ3) is 5.61. The average molecular weight is 694 g/mol. The molecule has 1 fully saturated rings. The van der Waals surface area contributed by atoms with Gasteiger partial charge >= 0.3 is 5.97 Å². The largest absolute Gasteiger partial charge is 0.493 e. The number of halogens is 1. The maximum absolute atomic E-state index is 14.3. The minimum Gasteiger partial charge on any atom is -0.493 e. The molecule has 1 saturated heterocycles. The smallest absolute Gasteiger partial charge is 0.338 e. The quantitative estimate of drug-likeness (QED) is 0.257. The van der Waals surface area contributed by atoms with E-state index in [1.54, 1.807) is 33.1 Å². The van der Waals surface area contributed by atoms with E-state index in [0.29, 0.717) is 36.6 Å². The summed E-state index contributed by atoms with van der Waals surface area (Å²) < 4.78 is 21.1. The molecule has 0 N–H and O–H groups in total. The van der Waals surface area contributed by atoms with Crippen LogP contribution in [0.4, 0.5) is 0 Å². The predicted octanol–water partition coefficient (Wildman–Crippen LogP) is 4.16. The van der Waals surface area contributed by atoms with Crippen molar-refractivity contribution in [2.45, 2.75) is 39.3 Å². The number of ether oxygens (including phenoxy) is 3. The van der Waals surface area contributed by atoms with Crippen LogP contribution in [0.1, 0.15) is 43.9 Å². The first-order valence-electron chi connectivity index (χ1n) is 14.7. The summed E-state index contributed by atoms with van der Waals surface area (Å²) in [6.07, 6.45) is 5.83. The third-order valence-electron chi connectivity index (χ3n) is 8.18. The molecule has 0 bridgehead atoms. The van der Waals surface area contributed by atoms with Crippen LogP contribution in [0, 0.1) is 0 Å². The van der Waals surface area contributed by atoms with Crippen LogP contribution in [0.15, 0.2) is 68.1 Å². The first-order valence-corrected chi connectivity index (χ1v) is 16.3. The van der Waals surface area contributed by atoms with Crippen LogP contribution in [0.2, 0.25) is 0 Å². The second kappa shape index (κ2) is 12.7. The van der Waals surface area contributed by atoms with Gasteiger partial charge in [0.15, 0.2) is 16.3 Å². The lowest BCUT2D eigenvalue weighted by Crippen LogP contribution is -2.40. The summed E-state index contributed by atoms with van der Waals surface area (Å²) in [7, 11) is 3.07. The fourth-order valence-corrected chi connectivity index (χ4v) is 7.62. The Morgan fingerprint density at radius 3 is 2.53 bits per heavy atom. The Kier molecular flexibility index (Phi) is 8.69. The SMILES string of the molecule is CCOC(=O)C1=C(C)N=c2s/c(=C/c3cn(CC(=O)N4CCCC4)c4ccccc34)c(=O)n2[C@@H]1c1cc(OC)c(OC)cc1Br. The topological polar surface area (TPSA) is 104 Å². The minimum absolute atomic E-state index is 0.0849. The normalized spacial score (nSPS) is 16.6.